The van der Waals surface area contributed by atoms with Gasteiger partial charge in [0.25, 0.3) is 5.56 Å². The molecule has 9 heteroatoms. The van der Waals surface area contributed by atoms with Crippen LogP contribution in [0.4, 0.5) is 17.5 Å². The van der Waals surface area contributed by atoms with Crippen molar-refractivity contribution < 1.29 is 4.74 Å². The SMILES string of the molecule is CC(C)COc1cc2cnc(Nc3ccc(N4CCNCC4)cn3)nc2n(C2CCCC2)c1=O. The Balaban J connectivity index is 1.44. The third-order valence-corrected chi connectivity index (χ3v) is 6.47. The minimum atomic E-state index is -0.108. The van der Waals surface area contributed by atoms with Crippen LogP contribution in [0.1, 0.15) is 45.6 Å². The Bertz CT molecular complexity index is 1180. The Hall–Kier alpha value is -3.20. The maximum Gasteiger partial charge on any atom is 0.294 e. The number of hydrogen-bond donors (Lipinski definition) is 2. The van der Waals surface area contributed by atoms with Crippen molar-refractivity contribution in [3.05, 3.63) is 40.9 Å². The van der Waals surface area contributed by atoms with Gasteiger partial charge >= 0.3 is 0 Å². The Morgan fingerprint density at radius 1 is 1.15 bits per heavy atom. The fourth-order valence-electron chi connectivity index (χ4n) is 4.70. The molecule has 1 aliphatic heterocycles. The van der Waals surface area contributed by atoms with E-state index in [1.54, 1.807) is 12.3 Å². The maximum absolute atomic E-state index is 13.4. The Labute approximate surface area is 199 Å². The quantitative estimate of drug-likeness (QED) is 0.550. The summed E-state index contributed by atoms with van der Waals surface area (Å²) in [5, 5.41) is 7.37. The van der Waals surface area contributed by atoms with E-state index < -0.39 is 0 Å². The van der Waals surface area contributed by atoms with Crippen LogP contribution in [0.3, 0.4) is 0 Å². The number of ether oxygens (including phenoxy) is 1. The third-order valence-electron chi connectivity index (χ3n) is 6.47. The highest BCUT2D eigenvalue weighted by molar-refractivity contribution is 5.77. The van der Waals surface area contributed by atoms with Crippen molar-refractivity contribution >= 4 is 28.5 Å². The number of fused-ring (bicyclic) bond motifs is 1. The molecule has 0 amide bonds. The molecule has 0 aromatic carbocycles. The van der Waals surface area contributed by atoms with E-state index >= 15 is 0 Å². The predicted octanol–water partition coefficient (Wildman–Crippen LogP) is 3.49. The zero-order valence-corrected chi connectivity index (χ0v) is 20.0. The van der Waals surface area contributed by atoms with Gasteiger partial charge in [-0.3, -0.25) is 9.36 Å². The second kappa shape index (κ2) is 9.97. The van der Waals surface area contributed by atoms with Crippen LogP contribution in [0.5, 0.6) is 5.75 Å². The standard InChI is InChI=1S/C25H33N7O2/c1-17(2)16-34-21-13-18-14-28-25(30-23(18)32(24(21)33)19-5-3-4-6-19)29-22-8-7-20(15-27-22)31-11-9-26-10-12-31/h7-8,13-15,17,19,26H,3-6,9-12,16H2,1-2H3,(H,27,28,29,30). The van der Waals surface area contributed by atoms with E-state index in [4.69, 9.17) is 9.72 Å². The first-order valence-corrected chi connectivity index (χ1v) is 12.3. The van der Waals surface area contributed by atoms with Gasteiger partial charge in [0.15, 0.2) is 5.75 Å². The smallest absolute Gasteiger partial charge is 0.294 e. The molecule has 1 saturated carbocycles. The van der Waals surface area contributed by atoms with Crippen LogP contribution in [0, 0.1) is 5.92 Å². The molecule has 3 aromatic rings. The van der Waals surface area contributed by atoms with Gasteiger partial charge in [0.05, 0.1) is 18.5 Å². The van der Waals surface area contributed by atoms with Gasteiger partial charge in [0.1, 0.15) is 11.5 Å². The highest BCUT2D eigenvalue weighted by Gasteiger charge is 2.23. The first-order chi connectivity index (χ1) is 16.6. The first-order valence-electron chi connectivity index (χ1n) is 12.3. The summed E-state index contributed by atoms with van der Waals surface area (Å²) in [6.07, 6.45) is 7.83. The summed E-state index contributed by atoms with van der Waals surface area (Å²) in [5.41, 5.74) is 1.64. The predicted molar refractivity (Wildman–Crippen MR) is 134 cm³/mol. The monoisotopic (exact) mass is 463 g/mol. The van der Waals surface area contributed by atoms with Crippen LogP contribution in [0.15, 0.2) is 35.4 Å². The largest absolute Gasteiger partial charge is 0.488 e. The summed E-state index contributed by atoms with van der Waals surface area (Å²) in [6, 6.07) is 5.92. The van der Waals surface area contributed by atoms with Crippen molar-refractivity contribution in [2.75, 3.05) is 43.0 Å². The molecular formula is C25H33N7O2. The summed E-state index contributed by atoms with van der Waals surface area (Å²) < 4.78 is 7.70. The van der Waals surface area contributed by atoms with Gasteiger partial charge in [0.2, 0.25) is 5.95 Å². The normalized spacial score (nSPS) is 17.0. The average molecular weight is 464 g/mol. The van der Waals surface area contributed by atoms with Crippen LogP contribution in [0.25, 0.3) is 11.0 Å². The number of rotatable bonds is 7. The van der Waals surface area contributed by atoms with E-state index in [0.717, 1.165) is 62.9 Å². The molecule has 4 heterocycles. The summed E-state index contributed by atoms with van der Waals surface area (Å²) in [5.74, 6) is 1.81. The van der Waals surface area contributed by atoms with Crippen molar-refractivity contribution in [1.29, 1.82) is 0 Å². The molecule has 0 unspecified atom stereocenters. The average Bonchev–Trinajstić information content (AvgIpc) is 3.38. The highest BCUT2D eigenvalue weighted by Crippen LogP contribution is 2.31. The number of anilines is 3. The zero-order valence-electron chi connectivity index (χ0n) is 20.0. The molecule has 0 bridgehead atoms. The van der Waals surface area contributed by atoms with Crippen LogP contribution in [0.2, 0.25) is 0 Å². The molecule has 0 radical (unpaired) electrons. The van der Waals surface area contributed by atoms with E-state index in [0.29, 0.717) is 35.7 Å². The van der Waals surface area contributed by atoms with Crippen molar-refractivity contribution in [2.24, 2.45) is 5.92 Å². The van der Waals surface area contributed by atoms with Crippen LogP contribution in [-0.4, -0.2) is 52.3 Å². The van der Waals surface area contributed by atoms with E-state index in [1.165, 1.54) is 0 Å². The molecule has 2 N–H and O–H groups in total. The van der Waals surface area contributed by atoms with Crippen LogP contribution >= 0.6 is 0 Å². The fraction of sp³-hybridized carbons (Fsp3) is 0.520. The molecule has 0 spiro atoms. The van der Waals surface area contributed by atoms with Gasteiger partial charge < -0.3 is 20.3 Å². The van der Waals surface area contributed by atoms with Crippen molar-refractivity contribution in [2.45, 2.75) is 45.6 Å². The topological polar surface area (TPSA) is 97.2 Å². The lowest BCUT2D eigenvalue weighted by molar-refractivity contribution is 0.265. The first kappa shape index (κ1) is 22.6. The Morgan fingerprint density at radius 3 is 2.65 bits per heavy atom. The minimum Gasteiger partial charge on any atom is -0.488 e. The number of nitrogens with zero attached hydrogens (tertiary/aromatic N) is 5. The summed E-state index contributed by atoms with van der Waals surface area (Å²) >= 11 is 0. The second-order valence-corrected chi connectivity index (χ2v) is 9.56. The molecular weight excluding hydrogens is 430 g/mol. The molecule has 0 atom stereocenters. The summed E-state index contributed by atoms with van der Waals surface area (Å²) in [7, 11) is 0. The van der Waals surface area contributed by atoms with Crippen molar-refractivity contribution in [3.63, 3.8) is 0 Å². The molecule has 180 valence electrons. The van der Waals surface area contributed by atoms with Crippen LogP contribution in [-0.2, 0) is 0 Å². The third kappa shape index (κ3) is 4.84. The van der Waals surface area contributed by atoms with E-state index in [2.05, 4.69) is 45.4 Å². The molecule has 1 aliphatic carbocycles. The van der Waals surface area contributed by atoms with Gasteiger partial charge in [-0.25, -0.2) is 9.97 Å². The molecule has 5 rings (SSSR count). The van der Waals surface area contributed by atoms with Gasteiger partial charge in [-0.15, -0.1) is 0 Å². The maximum atomic E-state index is 13.4. The molecule has 2 fully saturated rings. The molecule has 34 heavy (non-hydrogen) atoms. The van der Waals surface area contributed by atoms with Gasteiger partial charge in [-0.2, -0.15) is 4.98 Å². The molecule has 1 saturated heterocycles. The molecule has 2 aliphatic rings. The van der Waals surface area contributed by atoms with Crippen LogP contribution < -0.4 is 25.8 Å². The molecule has 3 aromatic heterocycles. The lowest BCUT2D eigenvalue weighted by Crippen LogP contribution is -2.43. The molecule has 9 nitrogen and oxygen atoms in total. The van der Waals surface area contributed by atoms with Crippen molar-refractivity contribution in [3.8, 4) is 5.75 Å². The Morgan fingerprint density at radius 2 is 1.94 bits per heavy atom. The number of hydrogen-bond acceptors (Lipinski definition) is 8. The van der Waals surface area contributed by atoms with E-state index in [-0.39, 0.29) is 11.6 Å². The van der Waals surface area contributed by atoms with Gasteiger partial charge in [0, 0.05) is 43.8 Å². The van der Waals surface area contributed by atoms with E-state index in [1.807, 2.05) is 16.8 Å². The number of aromatic nitrogens is 4. The number of piperazine rings is 1. The summed E-state index contributed by atoms with van der Waals surface area (Å²) in [6.45, 7) is 8.56. The number of nitrogens with one attached hydrogen (secondary N) is 2. The van der Waals surface area contributed by atoms with Gasteiger partial charge in [-0.1, -0.05) is 26.7 Å². The van der Waals surface area contributed by atoms with Crippen molar-refractivity contribution in [1.82, 2.24) is 24.8 Å². The summed E-state index contributed by atoms with van der Waals surface area (Å²) in [4.78, 5) is 29.5. The second-order valence-electron chi connectivity index (χ2n) is 9.56. The fourth-order valence-corrected chi connectivity index (χ4v) is 4.70. The Kier molecular flexibility index (Phi) is 6.62. The van der Waals surface area contributed by atoms with Gasteiger partial charge in [-0.05, 0) is 37.0 Å². The highest BCUT2D eigenvalue weighted by atomic mass is 16.5. The van der Waals surface area contributed by atoms with E-state index in [9.17, 15) is 4.79 Å². The lowest BCUT2D eigenvalue weighted by Gasteiger charge is -2.29. The minimum absolute atomic E-state index is 0.108. The lowest BCUT2D eigenvalue weighted by atomic mass is 10.2. The number of pyridine rings is 2. The zero-order chi connectivity index (χ0) is 23.5.